The van der Waals surface area contributed by atoms with Crippen LogP contribution in [0.2, 0.25) is 0 Å². The molecule has 0 saturated heterocycles. The van der Waals surface area contributed by atoms with Crippen molar-refractivity contribution in [2.24, 2.45) is 0 Å². The number of hydrogen-bond acceptors (Lipinski definition) is 2. The Morgan fingerprint density at radius 2 is 2.00 bits per heavy atom. The fourth-order valence-electron chi connectivity index (χ4n) is 2.51. The highest BCUT2D eigenvalue weighted by Crippen LogP contribution is 2.24. The van der Waals surface area contributed by atoms with Crippen molar-refractivity contribution < 1.29 is 4.39 Å². The lowest BCUT2D eigenvalue weighted by atomic mass is 9.97. The van der Waals surface area contributed by atoms with Gasteiger partial charge in [0.05, 0.1) is 0 Å². The third-order valence-electron chi connectivity index (χ3n) is 3.53. The third kappa shape index (κ3) is 4.11. The second-order valence-corrected chi connectivity index (χ2v) is 6.09. The molecule has 0 aliphatic carbocycles. The second kappa shape index (κ2) is 7.14. The summed E-state index contributed by atoms with van der Waals surface area (Å²) in [6, 6.07) is 9.38. The van der Waals surface area contributed by atoms with Gasteiger partial charge in [-0.05, 0) is 56.1 Å². The molecular weight excluding hydrogens is 331 g/mol. The standard InChI is InChI=1S/C17H20BrFN2/c1-4-20-17(15-8-5-11(2)21-12(15)3)9-13-6-7-14(18)10-16(13)19/h5-8,10,17,20H,4,9H2,1-3H3. The van der Waals surface area contributed by atoms with Gasteiger partial charge in [-0.15, -0.1) is 0 Å². The maximum absolute atomic E-state index is 14.1. The van der Waals surface area contributed by atoms with Gasteiger partial charge in [0.15, 0.2) is 0 Å². The normalized spacial score (nSPS) is 12.4. The first-order valence-electron chi connectivity index (χ1n) is 7.12. The highest BCUT2D eigenvalue weighted by atomic mass is 79.9. The van der Waals surface area contributed by atoms with Crippen molar-refractivity contribution in [1.82, 2.24) is 10.3 Å². The summed E-state index contributed by atoms with van der Waals surface area (Å²) in [6.45, 7) is 6.87. The first-order valence-corrected chi connectivity index (χ1v) is 7.92. The average molecular weight is 351 g/mol. The highest BCUT2D eigenvalue weighted by molar-refractivity contribution is 9.10. The molecule has 0 amide bonds. The average Bonchev–Trinajstić information content (AvgIpc) is 2.41. The van der Waals surface area contributed by atoms with Gasteiger partial charge in [0.2, 0.25) is 0 Å². The Morgan fingerprint density at radius 3 is 2.62 bits per heavy atom. The molecule has 0 radical (unpaired) electrons. The molecule has 1 N–H and O–H groups in total. The van der Waals surface area contributed by atoms with Crippen LogP contribution in [-0.2, 0) is 6.42 Å². The predicted octanol–water partition coefficient (Wildman–Crippen LogP) is 4.49. The van der Waals surface area contributed by atoms with Gasteiger partial charge in [0.1, 0.15) is 5.82 Å². The van der Waals surface area contributed by atoms with Crippen LogP contribution >= 0.6 is 15.9 Å². The van der Waals surface area contributed by atoms with Crippen molar-refractivity contribution in [1.29, 1.82) is 0 Å². The number of likely N-dealkylation sites (N-methyl/N-ethyl adjacent to an activating group) is 1. The van der Waals surface area contributed by atoms with Crippen LogP contribution in [0.15, 0.2) is 34.8 Å². The van der Waals surface area contributed by atoms with Crippen LogP contribution in [0.1, 0.15) is 35.5 Å². The Morgan fingerprint density at radius 1 is 1.24 bits per heavy atom. The molecule has 1 heterocycles. The quantitative estimate of drug-likeness (QED) is 0.858. The van der Waals surface area contributed by atoms with Crippen LogP contribution in [0.25, 0.3) is 0 Å². The topological polar surface area (TPSA) is 24.9 Å². The number of aromatic nitrogens is 1. The van der Waals surface area contributed by atoms with Crippen molar-refractivity contribution in [2.45, 2.75) is 33.2 Å². The maximum atomic E-state index is 14.1. The summed E-state index contributed by atoms with van der Waals surface area (Å²) >= 11 is 3.29. The van der Waals surface area contributed by atoms with E-state index in [-0.39, 0.29) is 11.9 Å². The molecule has 1 aromatic carbocycles. The number of hydrogen-bond donors (Lipinski definition) is 1. The van der Waals surface area contributed by atoms with E-state index in [2.05, 4.69) is 39.2 Å². The van der Waals surface area contributed by atoms with Crippen LogP contribution in [0.5, 0.6) is 0 Å². The van der Waals surface area contributed by atoms with Crippen LogP contribution in [0.3, 0.4) is 0 Å². The van der Waals surface area contributed by atoms with E-state index in [0.29, 0.717) is 12.0 Å². The van der Waals surface area contributed by atoms with E-state index in [4.69, 9.17) is 0 Å². The van der Waals surface area contributed by atoms with Crippen molar-refractivity contribution in [3.05, 3.63) is 63.1 Å². The molecule has 0 fully saturated rings. The van der Waals surface area contributed by atoms with Gasteiger partial charge in [-0.3, -0.25) is 4.98 Å². The van der Waals surface area contributed by atoms with Crippen LogP contribution in [0, 0.1) is 19.7 Å². The van der Waals surface area contributed by atoms with Crippen molar-refractivity contribution in [3.63, 3.8) is 0 Å². The molecule has 112 valence electrons. The molecule has 2 aromatic rings. The van der Waals surface area contributed by atoms with Crippen molar-refractivity contribution in [3.8, 4) is 0 Å². The van der Waals surface area contributed by atoms with Gasteiger partial charge < -0.3 is 5.32 Å². The summed E-state index contributed by atoms with van der Waals surface area (Å²) in [7, 11) is 0. The first-order chi connectivity index (χ1) is 10.0. The minimum atomic E-state index is -0.176. The summed E-state index contributed by atoms with van der Waals surface area (Å²) in [4.78, 5) is 4.51. The Balaban J connectivity index is 2.30. The van der Waals surface area contributed by atoms with Gasteiger partial charge in [-0.1, -0.05) is 35.0 Å². The Bertz CT molecular complexity index is 628. The number of pyridine rings is 1. The number of aryl methyl sites for hydroxylation is 2. The summed E-state index contributed by atoms with van der Waals surface area (Å²) in [5.41, 5.74) is 3.84. The lowest BCUT2D eigenvalue weighted by Gasteiger charge is -2.20. The van der Waals surface area contributed by atoms with E-state index in [1.807, 2.05) is 32.0 Å². The first kappa shape index (κ1) is 16.1. The molecule has 2 nitrogen and oxygen atoms in total. The zero-order valence-electron chi connectivity index (χ0n) is 12.6. The Labute approximate surface area is 133 Å². The number of rotatable bonds is 5. The van der Waals surface area contributed by atoms with Gasteiger partial charge in [-0.25, -0.2) is 4.39 Å². The highest BCUT2D eigenvalue weighted by Gasteiger charge is 2.16. The molecule has 0 bridgehead atoms. The molecule has 0 saturated carbocycles. The molecular formula is C17H20BrFN2. The maximum Gasteiger partial charge on any atom is 0.127 e. The van der Waals surface area contributed by atoms with Gasteiger partial charge in [0.25, 0.3) is 0 Å². The smallest absolute Gasteiger partial charge is 0.127 e. The van der Waals surface area contributed by atoms with Crippen molar-refractivity contribution >= 4 is 15.9 Å². The zero-order chi connectivity index (χ0) is 15.4. The molecule has 2 rings (SSSR count). The molecule has 0 spiro atoms. The summed E-state index contributed by atoms with van der Waals surface area (Å²) < 4.78 is 14.8. The summed E-state index contributed by atoms with van der Waals surface area (Å²) in [5, 5.41) is 3.43. The van der Waals surface area contributed by atoms with Crippen LogP contribution < -0.4 is 5.32 Å². The summed E-state index contributed by atoms with van der Waals surface area (Å²) in [5.74, 6) is -0.176. The second-order valence-electron chi connectivity index (χ2n) is 5.18. The predicted molar refractivity (Wildman–Crippen MR) is 87.9 cm³/mol. The summed E-state index contributed by atoms with van der Waals surface area (Å²) in [6.07, 6.45) is 0.610. The molecule has 21 heavy (non-hydrogen) atoms. The Hall–Kier alpha value is -1.26. The van der Waals surface area contributed by atoms with E-state index in [1.54, 1.807) is 0 Å². The molecule has 4 heteroatoms. The van der Waals surface area contributed by atoms with E-state index in [0.717, 1.165) is 28.0 Å². The van der Waals surface area contributed by atoms with E-state index < -0.39 is 0 Å². The monoisotopic (exact) mass is 350 g/mol. The van der Waals surface area contributed by atoms with E-state index >= 15 is 0 Å². The number of benzene rings is 1. The minimum absolute atomic E-state index is 0.0683. The van der Waals surface area contributed by atoms with Crippen molar-refractivity contribution in [2.75, 3.05) is 6.54 Å². The van der Waals surface area contributed by atoms with Gasteiger partial charge >= 0.3 is 0 Å². The lowest BCUT2D eigenvalue weighted by molar-refractivity contribution is 0.524. The minimum Gasteiger partial charge on any atom is -0.310 e. The van der Waals surface area contributed by atoms with Crippen LogP contribution in [-0.4, -0.2) is 11.5 Å². The number of nitrogens with one attached hydrogen (secondary N) is 1. The Kier molecular flexibility index (Phi) is 5.48. The number of halogens is 2. The lowest BCUT2D eigenvalue weighted by Crippen LogP contribution is -2.24. The SMILES string of the molecule is CCNC(Cc1ccc(Br)cc1F)c1ccc(C)nc1C. The molecule has 0 aliphatic heterocycles. The third-order valence-corrected chi connectivity index (χ3v) is 4.02. The van der Waals surface area contributed by atoms with E-state index in [9.17, 15) is 4.39 Å². The van der Waals surface area contributed by atoms with Gasteiger partial charge in [-0.2, -0.15) is 0 Å². The molecule has 1 aromatic heterocycles. The number of nitrogens with zero attached hydrogens (tertiary/aromatic N) is 1. The fourth-order valence-corrected chi connectivity index (χ4v) is 2.84. The molecule has 1 atom stereocenters. The molecule has 0 aliphatic rings. The fraction of sp³-hybridized carbons (Fsp3) is 0.353. The van der Waals surface area contributed by atoms with Gasteiger partial charge in [0, 0.05) is 21.9 Å². The van der Waals surface area contributed by atoms with Crippen LogP contribution in [0.4, 0.5) is 4.39 Å². The largest absolute Gasteiger partial charge is 0.310 e. The van der Waals surface area contributed by atoms with E-state index in [1.165, 1.54) is 6.07 Å². The zero-order valence-corrected chi connectivity index (χ0v) is 14.2. The molecule has 1 unspecified atom stereocenters.